The summed E-state index contributed by atoms with van der Waals surface area (Å²) in [7, 11) is 0. The normalized spacial score (nSPS) is 21.4. The van der Waals surface area contributed by atoms with Crippen molar-refractivity contribution in [2.45, 2.75) is 76.9 Å². The van der Waals surface area contributed by atoms with Gasteiger partial charge in [0.15, 0.2) is 5.69 Å². The van der Waals surface area contributed by atoms with Gasteiger partial charge in [-0.05, 0) is 44.9 Å². The topological polar surface area (TPSA) is 93.5 Å². The van der Waals surface area contributed by atoms with Crippen molar-refractivity contribution in [1.29, 1.82) is 0 Å². The summed E-state index contributed by atoms with van der Waals surface area (Å²) in [6.45, 7) is 3.74. The summed E-state index contributed by atoms with van der Waals surface area (Å²) in [6, 6.07) is 8.37. The third-order valence-electron chi connectivity index (χ3n) is 6.63. The Morgan fingerprint density at radius 2 is 1.88 bits per heavy atom. The number of hydrogen-bond acceptors (Lipinski definition) is 5. The lowest BCUT2D eigenvalue weighted by molar-refractivity contribution is -0.127. The zero-order valence-corrected chi connectivity index (χ0v) is 20.4. The molecule has 1 aliphatic heterocycles. The van der Waals surface area contributed by atoms with Crippen LogP contribution in [-0.2, 0) is 16.1 Å². The van der Waals surface area contributed by atoms with E-state index in [1.54, 1.807) is 38.1 Å². The highest BCUT2D eigenvalue weighted by Crippen LogP contribution is 2.34. The second kappa shape index (κ2) is 10.2. The van der Waals surface area contributed by atoms with Crippen LogP contribution in [0.25, 0.3) is 0 Å². The molecule has 2 amide bonds. The van der Waals surface area contributed by atoms with Crippen molar-refractivity contribution >= 4 is 35.1 Å². The molecule has 0 bridgehead atoms. The fourth-order valence-electron chi connectivity index (χ4n) is 4.85. The van der Waals surface area contributed by atoms with E-state index in [0.717, 1.165) is 25.7 Å². The Bertz CT molecular complexity index is 1080. The number of carbonyl (C=O) groups excluding carboxylic acids is 3. The lowest BCUT2D eigenvalue weighted by Crippen LogP contribution is -2.65. The largest absolute Gasteiger partial charge is 0.461 e. The van der Waals surface area contributed by atoms with Crippen molar-refractivity contribution in [2.24, 2.45) is 0 Å². The van der Waals surface area contributed by atoms with Crippen LogP contribution in [0.5, 0.6) is 0 Å². The number of nitrogens with one attached hydrogen (secondary N) is 1. The molecule has 1 N–H and O–H groups in total. The molecule has 1 saturated carbocycles. The van der Waals surface area contributed by atoms with Crippen molar-refractivity contribution < 1.29 is 19.1 Å². The van der Waals surface area contributed by atoms with E-state index in [4.69, 9.17) is 16.3 Å². The lowest BCUT2D eigenvalue weighted by atomic mass is 9.91. The van der Waals surface area contributed by atoms with Crippen LogP contribution in [0.4, 0.5) is 5.69 Å². The number of halogens is 1. The predicted octanol–water partition coefficient (Wildman–Crippen LogP) is 4.36. The summed E-state index contributed by atoms with van der Waals surface area (Å²) >= 11 is 6.24. The minimum absolute atomic E-state index is 0.0425. The molecule has 1 aromatic carbocycles. The Labute approximate surface area is 204 Å². The molecule has 2 aliphatic rings. The molecule has 0 unspecified atom stereocenters. The van der Waals surface area contributed by atoms with Crippen molar-refractivity contribution in [3.8, 4) is 0 Å². The average Bonchev–Trinajstić information content (AvgIpc) is 3.20. The van der Waals surface area contributed by atoms with Crippen LogP contribution < -0.4 is 10.2 Å². The van der Waals surface area contributed by atoms with Gasteiger partial charge < -0.3 is 10.1 Å². The van der Waals surface area contributed by atoms with Crippen LogP contribution in [0.2, 0.25) is 5.02 Å². The van der Waals surface area contributed by atoms with Crippen molar-refractivity contribution in [1.82, 2.24) is 15.1 Å². The number of esters is 1. The number of aromatic nitrogens is 2. The SMILES string of the molecule is CCOC(=O)c1cc2n(n1)C[C@](C)(C(=O)NC1CCCCCCC1)N(c1cccc(Cl)c1)C2=O. The predicted molar refractivity (Wildman–Crippen MR) is 129 cm³/mol. The maximum Gasteiger partial charge on any atom is 0.358 e. The van der Waals surface area contributed by atoms with Crippen LogP contribution in [0.15, 0.2) is 30.3 Å². The molecular weight excluding hydrogens is 456 g/mol. The van der Waals surface area contributed by atoms with Gasteiger partial charge in [-0.2, -0.15) is 5.10 Å². The van der Waals surface area contributed by atoms with E-state index in [-0.39, 0.29) is 36.5 Å². The van der Waals surface area contributed by atoms with E-state index < -0.39 is 17.4 Å². The quantitative estimate of drug-likeness (QED) is 0.634. The first-order valence-corrected chi connectivity index (χ1v) is 12.4. The Morgan fingerprint density at radius 1 is 1.18 bits per heavy atom. The van der Waals surface area contributed by atoms with Gasteiger partial charge in [0.1, 0.15) is 11.2 Å². The second-order valence-corrected chi connectivity index (χ2v) is 9.64. The van der Waals surface area contributed by atoms with E-state index in [9.17, 15) is 14.4 Å². The summed E-state index contributed by atoms with van der Waals surface area (Å²) in [5.41, 5.74) is -0.493. The van der Waals surface area contributed by atoms with Gasteiger partial charge >= 0.3 is 5.97 Å². The smallest absolute Gasteiger partial charge is 0.358 e. The van der Waals surface area contributed by atoms with Gasteiger partial charge in [-0.1, -0.05) is 49.8 Å². The molecule has 9 heteroatoms. The number of nitrogens with zero attached hydrogens (tertiary/aromatic N) is 3. The number of hydrogen-bond donors (Lipinski definition) is 1. The molecule has 0 radical (unpaired) electrons. The molecule has 8 nitrogen and oxygen atoms in total. The van der Waals surface area contributed by atoms with Crippen molar-refractivity contribution in [3.63, 3.8) is 0 Å². The number of carbonyl (C=O) groups is 3. The zero-order chi connectivity index (χ0) is 24.3. The number of amides is 2. The Hall–Kier alpha value is -2.87. The third kappa shape index (κ3) is 4.82. The minimum Gasteiger partial charge on any atom is -0.461 e. The van der Waals surface area contributed by atoms with Gasteiger partial charge in [0.2, 0.25) is 5.91 Å². The molecule has 4 rings (SSSR count). The van der Waals surface area contributed by atoms with Crippen molar-refractivity contribution in [3.05, 3.63) is 46.7 Å². The van der Waals surface area contributed by atoms with E-state index in [1.807, 2.05) is 0 Å². The van der Waals surface area contributed by atoms with Gasteiger partial charge in [-0.3, -0.25) is 19.2 Å². The maximum absolute atomic E-state index is 13.8. The molecule has 182 valence electrons. The molecule has 0 spiro atoms. The van der Waals surface area contributed by atoms with Crippen LogP contribution >= 0.6 is 11.6 Å². The molecule has 34 heavy (non-hydrogen) atoms. The van der Waals surface area contributed by atoms with Gasteiger partial charge in [-0.15, -0.1) is 0 Å². The van der Waals surface area contributed by atoms with E-state index in [0.29, 0.717) is 10.7 Å². The van der Waals surface area contributed by atoms with Gasteiger partial charge in [0.05, 0.1) is 13.2 Å². The van der Waals surface area contributed by atoms with E-state index >= 15 is 0 Å². The zero-order valence-electron chi connectivity index (χ0n) is 19.7. The van der Waals surface area contributed by atoms with Gasteiger partial charge in [-0.25, -0.2) is 4.79 Å². The molecule has 1 aliphatic carbocycles. The standard InChI is InChI=1S/C25H31ClN4O4/c1-3-34-23(32)20-15-21-22(31)30(19-13-9-10-17(26)14-19)25(2,16-29(21)28-20)24(33)27-18-11-7-5-4-6-8-12-18/h9-10,13-15,18H,3-8,11-12,16H2,1-2H3,(H,27,33)/t25-/m1/s1. The lowest BCUT2D eigenvalue weighted by Gasteiger charge is -2.43. The van der Waals surface area contributed by atoms with Crippen LogP contribution in [0.1, 0.15) is 79.8 Å². The summed E-state index contributed by atoms with van der Waals surface area (Å²) in [6.07, 6.45) is 7.57. The molecule has 2 heterocycles. The van der Waals surface area contributed by atoms with Crippen LogP contribution in [0.3, 0.4) is 0 Å². The number of rotatable bonds is 5. The molecule has 2 aromatic rings. The number of ether oxygens (including phenoxy) is 1. The monoisotopic (exact) mass is 486 g/mol. The highest BCUT2D eigenvalue weighted by molar-refractivity contribution is 6.31. The third-order valence-corrected chi connectivity index (χ3v) is 6.87. The molecule has 1 aromatic heterocycles. The summed E-state index contributed by atoms with van der Waals surface area (Å²) in [4.78, 5) is 41.2. The van der Waals surface area contributed by atoms with Crippen LogP contribution in [-0.4, -0.2) is 45.8 Å². The first-order valence-electron chi connectivity index (χ1n) is 12.0. The highest BCUT2D eigenvalue weighted by atomic mass is 35.5. The number of anilines is 1. The Morgan fingerprint density at radius 3 is 2.56 bits per heavy atom. The highest BCUT2D eigenvalue weighted by Gasteiger charge is 2.49. The molecular formula is C25H31ClN4O4. The van der Waals surface area contributed by atoms with Crippen LogP contribution in [0, 0.1) is 0 Å². The first-order chi connectivity index (χ1) is 16.3. The summed E-state index contributed by atoms with van der Waals surface area (Å²) in [5, 5.41) is 7.98. The van der Waals surface area contributed by atoms with Gasteiger partial charge in [0, 0.05) is 22.8 Å². The van der Waals surface area contributed by atoms with E-state index in [2.05, 4.69) is 10.4 Å². The summed E-state index contributed by atoms with van der Waals surface area (Å²) in [5.74, 6) is -1.27. The molecule has 1 atom stereocenters. The van der Waals surface area contributed by atoms with Crippen molar-refractivity contribution in [2.75, 3.05) is 11.5 Å². The Kier molecular flexibility index (Phi) is 7.26. The fourth-order valence-corrected chi connectivity index (χ4v) is 5.03. The maximum atomic E-state index is 13.8. The summed E-state index contributed by atoms with van der Waals surface area (Å²) < 4.78 is 6.49. The fraction of sp³-hybridized carbons (Fsp3) is 0.520. The first kappa shape index (κ1) is 24.3. The Balaban J connectivity index is 1.71. The van der Waals surface area contributed by atoms with Gasteiger partial charge in [0.25, 0.3) is 5.91 Å². The average molecular weight is 487 g/mol. The van der Waals surface area contributed by atoms with E-state index in [1.165, 1.54) is 34.9 Å². The minimum atomic E-state index is -1.27. The number of fused-ring (bicyclic) bond motifs is 1. The molecule has 1 fully saturated rings. The second-order valence-electron chi connectivity index (χ2n) is 9.20. The molecule has 0 saturated heterocycles. The number of benzene rings is 1.